The van der Waals surface area contributed by atoms with Gasteiger partial charge in [0.25, 0.3) is 4.73 Å². The Kier molecular flexibility index (Phi) is 4.08. The van der Waals surface area contributed by atoms with Gasteiger partial charge in [-0.05, 0) is 22.0 Å². The number of carbonyl (C=O) groups is 1. The summed E-state index contributed by atoms with van der Waals surface area (Å²) in [5.41, 5.74) is 0.425. The number of ether oxygens (including phenoxy) is 1. The highest BCUT2D eigenvalue weighted by atomic mass is 79.9. The molecule has 1 aromatic heterocycles. The van der Waals surface area contributed by atoms with Crippen LogP contribution in [0.4, 0.5) is 5.95 Å². The second kappa shape index (κ2) is 5.78. The largest absolute Gasteiger partial charge is 0.497 e. The van der Waals surface area contributed by atoms with Gasteiger partial charge in [-0.1, -0.05) is 12.1 Å². The molecule has 0 saturated carbocycles. The van der Waals surface area contributed by atoms with Crippen LogP contribution in [0.5, 0.6) is 5.75 Å². The van der Waals surface area contributed by atoms with E-state index in [-0.39, 0.29) is 17.1 Å². The maximum atomic E-state index is 12.1. The minimum absolute atomic E-state index is 0.125. The van der Waals surface area contributed by atoms with Crippen LogP contribution in [-0.2, 0) is 6.54 Å². The average molecular weight is 341 g/mol. The van der Waals surface area contributed by atoms with Crippen LogP contribution < -0.4 is 4.74 Å². The lowest BCUT2D eigenvalue weighted by molar-refractivity contribution is -0.394. The predicted molar refractivity (Wildman–Crippen MR) is 71.7 cm³/mol. The summed E-state index contributed by atoms with van der Waals surface area (Å²) in [6.07, 6.45) is 0. The van der Waals surface area contributed by atoms with E-state index < -0.39 is 10.9 Å². The topological polar surface area (TPSA) is 100 Å². The summed E-state index contributed by atoms with van der Waals surface area (Å²) in [7, 11) is 1.50. The van der Waals surface area contributed by atoms with Crippen LogP contribution in [-0.4, -0.2) is 32.6 Å². The molecule has 0 saturated heterocycles. The fourth-order valence-corrected chi connectivity index (χ4v) is 1.88. The molecule has 2 rings (SSSR count). The van der Waals surface area contributed by atoms with Crippen molar-refractivity contribution < 1.29 is 14.5 Å². The molecule has 0 radical (unpaired) electrons. The number of methoxy groups -OCH3 is 1. The number of hydrogen-bond acceptors (Lipinski definition) is 6. The maximum Gasteiger partial charge on any atom is 0.492 e. The number of nitrogens with zero attached hydrogens (tertiary/aromatic N) is 4. The molecule has 0 aliphatic rings. The van der Waals surface area contributed by atoms with Crippen molar-refractivity contribution in [2.24, 2.45) is 0 Å². The highest BCUT2D eigenvalue weighted by Crippen LogP contribution is 2.16. The summed E-state index contributed by atoms with van der Waals surface area (Å²) in [6.45, 7) is -0.158. The summed E-state index contributed by atoms with van der Waals surface area (Å²) < 4.78 is 6.28. The molecule has 20 heavy (non-hydrogen) atoms. The molecule has 8 nitrogen and oxygen atoms in total. The summed E-state index contributed by atoms with van der Waals surface area (Å²) >= 11 is 3.02. The molecular weight excluding hydrogens is 332 g/mol. The van der Waals surface area contributed by atoms with Gasteiger partial charge < -0.3 is 14.9 Å². The van der Waals surface area contributed by atoms with Gasteiger partial charge in [-0.2, -0.15) is 4.68 Å². The molecule has 2 aromatic rings. The Hall–Kier alpha value is -2.29. The van der Waals surface area contributed by atoms with Crippen molar-refractivity contribution in [1.29, 1.82) is 0 Å². The SMILES string of the molecule is COc1cccc(C(=O)Cn2nc([N+](=O)[O-])nc2Br)c1. The van der Waals surface area contributed by atoms with E-state index in [9.17, 15) is 14.9 Å². The smallest absolute Gasteiger partial charge is 0.492 e. The number of carbonyl (C=O) groups excluding carboxylic acids is 1. The van der Waals surface area contributed by atoms with Crippen molar-refractivity contribution >= 4 is 27.7 Å². The zero-order chi connectivity index (χ0) is 14.7. The van der Waals surface area contributed by atoms with Gasteiger partial charge in [0.05, 0.1) is 7.11 Å². The van der Waals surface area contributed by atoms with Gasteiger partial charge in [-0.25, -0.2) is 0 Å². The van der Waals surface area contributed by atoms with Crippen LogP contribution in [0.3, 0.4) is 0 Å². The molecule has 1 heterocycles. The van der Waals surface area contributed by atoms with E-state index in [4.69, 9.17) is 4.74 Å². The van der Waals surface area contributed by atoms with Gasteiger partial charge in [-0.3, -0.25) is 4.79 Å². The van der Waals surface area contributed by atoms with Crippen LogP contribution in [0.1, 0.15) is 10.4 Å². The number of benzene rings is 1. The first kappa shape index (κ1) is 14.1. The third-order valence-electron chi connectivity index (χ3n) is 2.46. The highest BCUT2D eigenvalue weighted by Gasteiger charge is 2.21. The van der Waals surface area contributed by atoms with Crippen molar-refractivity contribution in [2.45, 2.75) is 6.54 Å². The van der Waals surface area contributed by atoms with Crippen molar-refractivity contribution in [2.75, 3.05) is 7.11 Å². The molecule has 0 N–H and O–H groups in total. The fraction of sp³-hybridized carbons (Fsp3) is 0.182. The minimum Gasteiger partial charge on any atom is -0.497 e. The van der Waals surface area contributed by atoms with E-state index in [1.807, 2.05) is 0 Å². The fourth-order valence-electron chi connectivity index (χ4n) is 1.51. The van der Waals surface area contributed by atoms with E-state index in [1.165, 1.54) is 7.11 Å². The Morgan fingerprint density at radius 3 is 2.90 bits per heavy atom. The Morgan fingerprint density at radius 2 is 2.30 bits per heavy atom. The van der Waals surface area contributed by atoms with Gasteiger partial charge in [-0.15, -0.1) is 0 Å². The second-order valence-electron chi connectivity index (χ2n) is 3.75. The monoisotopic (exact) mass is 340 g/mol. The van der Waals surface area contributed by atoms with E-state index in [0.29, 0.717) is 11.3 Å². The van der Waals surface area contributed by atoms with Crippen LogP contribution in [0, 0.1) is 10.1 Å². The number of halogens is 1. The first-order chi connectivity index (χ1) is 9.51. The van der Waals surface area contributed by atoms with Crippen LogP contribution in [0.15, 0.2) is 29.0 Å². The summed E-state index contributed by atoms with van der Waals surface area (Å²) in [6, 6.07) is 6.61. The van der Waals surface area contributed by atoms with Crippen molar-refractivity contribution in [3.05, 3.63) is 44.7 Å². The number of rotatable bonds is 5. The average Bonchev–Trinajstić information content (AvgIpc) is 2.80. The Labute approximate surface area is 121 Å². The highest BCUT2D eigenvalue weighted by molar-refractivity contribution is 9.10. The third-order valence-corrected chi connectivity index (χ3v) is 3.05. The Bertz CT molecular complexity index is 670. The van der Waals surface area contributed by atoms with Gasteiger partial charge in [0.15, 0.2) is 5.78 Å². The minimum atomic E-state index is -0.725. The van der Waals surface area contributed by atoms with Crippen LogP contribution in [0.2, 0.25) is 0 Å². The lowest BCUT2D eigenvalue weighted by atomic mass is 10.1. The lowest BCUT2D eigenvalue weighted by Crippen LogP contribution is -2.12. The quantitative estimate of drug-likeness (QED) is 0.467. The zero-order valence-electron chi connectivity index (χ0n) is 10.3. The molecule has 0 aliphatic carbocycles. The molecule has 104 valence electrons. The van der Waals surface area contributed by atoms with Crippen molar-refractivity contribution in [3.8, 4) is 5.75 Å². The number of aromatic nitrogens is 3. The zero-order valence-corrected chi connectivity index (χ0v) is 11.9. The standard InChI is InChI=1S/C11H9BrN4O4/c1-20-8-4-2-3-7(5-8)9(17)6-15-10(12)13-11(14-15)16(18)19/h2-5H,6H2,1H3. The van der Waals surface area contributed by atoms with Crippen molar-refractivity contribution in [1.82, 2.24) is 14.8 Å². The Balaban J connectivity index is 2.21. The molecule has 1 aromatic carbocycles. The van der Waals surface area contributed by atoms with Crippen LogP contribution >= 0.6 is 15.9 Å². The second-order valence-corrected chi connectivity index (χ2v) is 4.46. The van der Waals surface area contributed by atoms with Crippen LogP contribution in [0.25, 0.3) is 0 Å². The molecule has 0 bridgehead atoms. The molecule has 9 heteroatoms. The van der Waals surface area contributed by atoms with Gasteiger partial charge in [0, 0.05) is 26.6 Å². The Morgan fingerprint density at radius 1 is 1.55 bits per heavy atom. The molecular formula is C11H9BrN4O4. The molecule has 0 spiro atoms. The normalized spacial score (nSPS) is 10.3. The number of hydrogen-bond donors (Lipinski definition) is 0. The first-order valence-corrected chi connectivity index (χ1v) is 6.22. The molecule has 0 atom stereocenters. The summed E-state index contributed by atoms with van der Waals surface area (Å²) in [5.74, 6) is -0.265. The molecule has 0 amide bonds. The van der Waals surface area contributed by atoms with E-state index in [1.54, 1.807) is 24.3 Å². The van der Waals surface area contributed by atoms with E-state index in [0.717, 1.165) is 4.68 Å². The number of nitro groups is 1. The predicted octanol–water partition coefficient (Wildman–Crippen LogP) is 1.84. The van der Waals surface area contributed by atoms with Gasteiger partial charge in [0.2, 0.25) is 0 Å². The summed E-state index contributed by atoms with van der Waals surface area (Å²) in [5, 5.41) is 14.2. The van der Waals surface area contributed by atoms with Crippen molar-refractivity contribution in [3.63, 3.8) is 0 Å². The third kappa shape index (κ3) is 2.99. The van der Waals surface area contributed by atoms with E-state index >= 15 is 0 Å². The first-order valence-electron chi connectivity index (χ1n) is 5.43. The maximum absolute atomic E-state index is 12.1. The van der Waals surface area contributed by atoms with Gasteiger partial charge >= 0.3 is 5.95 Å². The van der Waals surface area contributed by atoms with E-state index in [2.05, 4.69) is 26.0 Å². The van der Waals surface area contributed by atoms with Gasteiger partial charge in [0.1, 0.15) is 12.3 Å². The number of Topliss-reactive ketones (excluding diaryl/α,β-unsaturated/α-hetero) is 1. The lowest BCUT2D eigenvalue weighted by Gasteiger charge is -2.02. The number of ketones is 1. The summed E-state index contributed by atoms with van der Waals surface area (Å²) in [4.78, 5) is 25.5. The molecule has 0 aliphatic heterocycles. The molecule has 0 fully saturated rings. The molecule has 0 unspecified atom stereocenters.